The molecule has 4 rings (SSSR count). The van der Waals surface area contributed by atoms with Gasteiger partial charge in [-0.05, 0) is 58.4 Å². The lowest BCUT2D eigenvalue weighted by atomic mass is 10.0. The molecule has 2 aromatic heterocycles. The van der Waals surface area contributed by atoms with Gasteiger partial charge in [-0.2, -0.15) is 0 Å². The first-order valence-corrected chi connectivity index (χ1v) is 11.1. The molecular formula is C26H26ClFN4O. The van der Waals surface area contributed by atoms with Crippen molar-refractivity contribution < 1.29 is 9.50 Å². The van der Waals surface area contributed by atoms with Crippen molar-refractivity contribution in [2.75, 3.05) is 5.32 Å². The minimum absolute atomic E-state index is 0.267. The van der Waals surface area contributed by atoms with E-state index in [1.807, 2.05) is 45.0 Å². The molecule has 0 aliphatic heterocycles. The molecule has 2 heterocycles. The number of pyridine rings is 1. The normalized spacial score (nSPS) is 12.7. The molecule has 0 unspecified atom stereocenters. The van der Waals surface area contributed by atoms with Crippen molar-refractivity contribution in [1.82, 2.24) is 15.0 Å². The van der Waals surface area contributed by atoms with Crippen LogP contribution in [0.3, 0.4) is 0 Å². The Bertz CT molecular complexity index is 1330. The molecule has 170 valence electrons. The van der Waals surface area contributed by atoms with Gasteiger partial charge in [0.15, 0.2) is 5.82 Å². The van der Waals surface area contributed by atoms with Crippen LogP contribution in [0.15, 0.2) is 48.8 Å². The number of benzene rings is 2. The summed E-state index contributed by atoms with van der Waals surface area (Å²) in [6, 6.07) is 10.6. The van der Waals surface area contributed by atoms with Crippen LogP contribution in [0.4, 0.5) is 10.1 Å². The van der Waals surface area contributed by atoms with Gasteiger partial charge in [-0.25, -0.2) is 14.4 Å². The van der Waals surface area contributed by atoms with Gasteiger partial charge < -0.3 is 10.4 Å². The molecule has 0 spiro atoms. The van der Waals surface area contributed by atoms with Crippen molar-refractivity contribution in [2.45, 2.75) is 46.3 Å². The maximum absolute atomic E-state index is 14.5. The van der Waals surface area contributed by atoms with E-state index in [9.17, 15) is 9.50 Å². The highest BCUT2D eigenvalue weighted by molar-refractivity contribution is 6.35. The Morgan fingerprint density at radius 3 is 2.39 bits per heavy atom. The number of nitrogens with one attached hydrogen (secondary N) is 1. The summed E-state index contributed by atoms with van der Waals surface area (Å²) in [5.41, 5.74) is 4.27. The summed E-state index contributed by atoms with van der Waals surface area (Å²) in [6.45, 7) is 8.98. The lowest BCUT2D eigenvalue weighted by Crippen LogP contribution is -2.19. The number of halogens is 2. The minimum atomic E-state index is -1.12. The molecule has 2 aromatic carbocycles. The van der Waals surface area contributed by atoms with Crippen molar-refractivity contribution in [3.63, 3.8) is 0 Å². The van der Waals surface area contributed by atoms with Crippen LogP contribution >= 0.6 is 11.6 Å². The second-order valence-electron chi connectivity index (χ2n) is 8.86. The first-order chi connectivity index (χ1) is 15.5. The molecule has 0 saturated heterocycles. The summed E-state index contributed by atoms with van der Waals surface area (Å²) in [6.07, 6.45) is 3.37. The second kappa shape index (κ2) is 8.69. The van der Waals surface area contributed by atoms with Gasteiger partial charge in [-0.15, -0.1) is 0 Å². The van der Waals surface area contributed by atoms with E-state index in [-0.39, 0.29) is 11.9 Å². The number of hydrogen-bond donors (Lipinski definition) is 2. The fraction of sp³-hybridized carbons (Fsp3) is 0.269. The molecule has 4 aromatic rings. The lowest BCUT2D eigenvalue weighted by molar-refractivity contribution is 0.0687. The predicted octanol–water partition coefficient (Wildman–Crippen LogP) is 6.50. The number of fused-ring (bicyclic) bond motifs is 1. The number of aryl methyl sites for hydroxylation is 2. The van der Waals surface area contributed by atoms with Gasteiger partial charge in [0.2, 0.25) is 0 Å². The second-order valence-corrected chi connectivity index (χ2v) is 9.24. The van der Waals surface area contributed by atoms with E-state index in [1.54, 1.807) is 32.3 Å². The number of nitrogens with zero attached hydrogens (tertiary/aromatic N) is 3. The van der Waals surface area contributed by atoms with Crippen LogP contribution in [-0.2, 0) is 5.60 Å². The van der Waals surface area contributed by atoms with Gasteiger partial charge in [0.25, 0.3) is 0 Å². The summed E-state index contributed by atoms with van der Waals surface area (Å²) in [7, 11) is 0. The van der Waals surface area contributed by atoms with Gasteiger partial charge in [-0.3, -0.25) is 4.98 Å². The van der Waals surface area contributed by atoms with Crippen LogP contribution in [0.25, 0.3) is 22.0 Å². The Morgan fingerprint density at radius 2 is 1.73 bits per heavy atom. The summed E-state index contributed by atoms with van der Waals surface area (Å²) in [5, 5.41) is 14.8. The van der Waals surface area contributed by atoms with Crippen LogP contribution in [0.1, 0.15) is 49.5 Å². The molecule has 0 radical (unpaired) electrons. The van der Waals surface area contributed by atoms with Crippen LogP contribution in [0, 0.1) is 19.7 Å². The molecule has 7 heteroatoms. The van der Waals surface area contributed by atoms with E-state index in [0.717, 1.165) is 27.6 Å². The number of aliphatic hydroxyl groups is 1. The summed E-state index contributed by atoms with van der Waals surface area (Å²) in [5.74, 6) is 0.0836. The Morgan fingerprint density at radius 1 is 1.03 bits per heavy atom. The topological polar surface area (TPSA) is 70.9 Å². The molecular weight excluding hydrogens is 439 g/mol. The predicted molar refractivity (Wildman–Crippen MR) is 131 cm³/mol. The molecule has 2 N–H and O–H groups in total. The van der Waals surface area contributed by atoms with Gasteiger partial charge in [0, 0.05) is 28.9 Å². The van der Waals surface area contributed by atoms with Crippen LogP contribution in [0.2, 0.25) is 5.02 Å². The van der Waals surface area contributed by atoms with Crippen LogP contribution < -0.4 is 5.32 Å². The summed E-state index contributed by atoms with van der Waals surface area (Å²) in [4.78, 5) is 13.2. The van der Waals surface area contributed by atoms with Gasteiger partial charge in [0.1, 0.15) is 11.4 Å². The van der Waals surface area contributed by atoms with Gasteiger partial charge >= 0.3 is 0 Å². The third kappa shape index (κ3) is 4.68. The zero-order valence-corrected chi connectivity index (χ0v) is 20.0. The van der Waals surface area contributed by atoms with Crippen molar-refractivity contribution >= 4 is 28.2 Å². The molecule has 1 atom stereocenters. The van der Waals surface area contributed by atoms with Crippen molar-refractivity contribution in [1.29, 1.82) is 0 Å². The van der Waals surface area contributed by atoms with E-state index < -0.39 is 5.60 Å². The molecule has 0 bridgehead atoms. The quantitative estimate of drug-likeness (QED) is 0.352. The standard InChI is InChI=1S/C26H26ClFN4O/c1-14-6-8-21(28)19(10-14)15(2)32-24-20-11-17(7-9-22(20)31-16(3)23(24)27)18-12-29-25(30-13-18)26(4,5)33/h6-13,15,33H,1-5H3,(H,31,32)/t15-/m1/s1. The van der Waals surface area contributed by atoms with Crippen molar-refractivity contribution in [3.8, 4) is 11.1 Å². The number of anilines is 1. The SMILES string of the molecule is Cc1ccc(F)c([C@@H](C)Nc2c(Cl)c(C)nc3ccc(-c4cnc(C(C)(C)O)nc4)cc23)c1. The maximum Gasteiger partial charge on any atom is 0.159 e. The number of aromatic nitrogens is 3. The van der Waals surface area contributed by atoms with E-state index in [1.165, 1.54) is 6.07 Å². The average Bonchev–Trinajstić information content (AvgIpc) is 2.77. The molecule has 0 aliphatic rings. The molecule has 33 heavy (non-hydrogen) atoms. The third-order valence-electron chi connectivity index (χ3n) is 5.60. The highest BCUT2D eigenvalue weighted by atomic mass is 35.5. The lowest BCUT2D eigenvalue weighted by Gasteiger charge is -2.20. The summed E-state index contributed by atoms with van der Waals surface area (Å²) >= 11 is 6.67. The van der Waals surface area contributed by atoms with E-state index >= 15 is 0 Å². The molecule has 0 saturated carbocycles. The first kappa shape index (κ1) is 23.1. The number of hydrogen-bond acceptors (Lipinski definition) is 5. The zero-order valence-electron chi connectivity index (χ0n) is 19.2. The highest BCUT2D eigenvalue weighted by Crippen LogP contribution is 2.37. The smallest absolute Gasteiger partial charge is 0.159 e. The fourth-order valence-electron chi connectivity index (χ4n) is 3.77. The van der Waals surface area contributed by atoms with E-state index in [2.05, 4.69) is 20.3 Å². The first-order valence-electron chi connectivity index (χ1n) is 10.7. The van der Waals surface area contributed by atoms with Crippen LogP contribution in [0.5, 0.6) is 0 Å². The molecule has 5 nitrogen and oxygen atoms in total. The Labute approximate surface area is 197 Å². The average molecular weight is 465 g/mol. The largest absolute Gasteiger partial charge is 0.382 e. The van der Waals surface area contributed by atoms with Gasteiger partial charge in [0.05, 0.1) is 28.0 Å². The monoisotopic (exact) mass is 464 g/mol. The molecule has 0 aliphatic carbocycles. The Kier molecular flexibility index (Phi) is 6.08. The Balaban J connectivity index is 1.79. The minimum Gasteiger partial charge on any atom is -0.382 e. The zero-order chi connectivity index (χ0) is 23.9. The summed E-state index contributed by atoms with van der Waals surface area (Å²) < 4.78 is 14.5. The van der Waals surface area contributed by atoms with Crippen LogP contribution in [-0.4, -0.2) is 20.1 Å². The Hall–Kier alpha value is -3.09. The van der Waals surface area contributed by atoms with E-state index in [0.29, 0.717) is 27.8 Å². The highest BCUT2D eigenvalue weighted by Gasteiger charge is 2.20. The number of rotatable bonds is 5. The van der Waals surface area contributed by atoms with Crippen molar-refractivity contribution in [2.24, 2.45) is 0 Å². The molecule has 0 amide bonds. The van der Waals surface area contributed by atoms with Crippen molar-refractivity contribution in [3.05, 3.63) is 82.3 Å². The molecule has 0 fully saturated rings. The van der Waals surface area contributed by atoms with E-state index in [4.69, 9.17) is 11.6 Å². The third-order valence-corrected chi connectivity index (χ3v) is 6.06. The fourth-order valence-corrected chi connectivity index (χ4v) is 3.96. The van der Waals surface area contributed by atoms with Gasteiger partial charge in [-0.1, -0.05) is 35.4 Å². The maximum atomic E-state index is 14.5.